The van der Waals surface area contributed by atoms with Crippen LogP contribution in [-0.4, -0.2) is 27.4 Å². The highest BCUT2D eigenvalue weighted by Gasteiger charge is 1.79. The molecular formula is C4H12N2O2. The van der Waals surface area contributed by atoms with E-state index in [0.717, 1.165) is 0 Å². The van der Waals surface area contributed by atoms with Gasteiger partial charge in [0.05, 0.1) is 13.2 Å². The molecule has 0 aliphatic heterocycles. The average molecular weight is 120 g/mol. The minimum atomic E-state index is 0.553. The number of rotatable bonds is 5. The fraction of sp³-hybridized carbons (Fsp3) is 1.00. The van der Waals surface area contributed by atoms with Crippen molar-refractivity contribution in [2.45, 2.75) is 0 Å². The van der Waals surface area contributed by atoms with Crippen molar-refractivity contribution < 1.29 is 9.57 Å². The van der Waals surface area contributed by atoms with Gasteiger partial charge in [0.1, 0.15) is 0 Å². The highest BCUT2D eigenvalue weighted by atomic mass is 16.7. The van der Waals surface area contributed by atoms with Crippen LogP contribution in [0.5, 0.6) is 0 Å². The summed E-state index contributed by atoms with van der Waals surface area (Å²) < 4.78 is 4.70. The molecule has 0 bridgehead atoms. The lowest BCUT2D eigenvalue weighted by atomic mass is 10.8. The molecule has 0 saturated heterocycles. The summed E-state index contributed by atoms with van der Waals surface area (Å²) in [5.41, 5.74) is 5.05. The summed E-state index contributed by atoms with van der Waals surface area (Å²) in [6, 6.07) is 0. The smallest absolute Gasteiger partial charge is 0.0932 e. The molecule has 0 heterocycles. The van der Waals surface area contributed by atoms with Gasteiger partial charge in [0.15, 0.2) is 0 Å². The van der Waals surface area contributed by atoms with Gasteiger partial charge in [-0.2, -0.15) is 0 Å². The molecule has 0 aliphatic rings. The Balaban J connectivity index is 2.53. The minimum Gasteiger partial charge on any atom is -0.382 e. The zero-order valence-electron chi connectivity index (χ0n) is 5.23. The molecular weight excluding hydrogens is 108 g/mol. The van der Waals surface area contributed by atoms with E-state index < -0.39 is 0 Å². The van der Waals surface area contributed by atoms with E-state index in [2.05, 4.69) is 11.0 Å². The van der Waals surface area contributed by atoms with Crippen LogP contribution in [0.3, 0.4) is 0 Å². The molecule has 8 heavy (non-hydrogen) atoms. The second-order valence-corrected chi connectivity index (χ2v) is 1.19. The fourth-order valence-electron chi connectivity index (χ4n) is 0.248. The van der Waals surface area contributed by atoms with E-state index >= 15 is 0 Å². The zero-order valence-corrected chi connectivity index (χ0v) is 5.23. The fourth-order valence-corrected chi connectivity index (χ4v) is 0.248. The normalized spacial score (nSPS) is 9.75. The third-order valence-corrected chi connectivity index (χ3v) is 0.564. The van der Waals surface area contributed by atoms with Gasteiger partial charge in [0.2, 0.25) is 0 Å². The topological polar surface area (TPSA) is 42.5 Å². The predicted octanol–water partition coefficient (Wildman–Crippen LogP) is -0.712. The van der Waals surface area contributed by atoms with Gasteiger partial charge in [-0.05, 0) is 0 Å². The first kappa shape index (κ1) is 7.84. The maximum absolute atomic E-state index is 4.74. The van der Waals surface area contributed by atoms with Crippen LogP contribution in [0.2, 0.25) is 0 Å². The molecule has 0 radical (unpaired) electrons. The highest BCUT2D eigenvalue weighted by Crippen LogP contribution is 1.65. The van der Waals surface area contributed by atoms with Crippen LogP contribution in [0.4, 0.5) is 0 Å². The molecule has 0 aromatic carbocycles. The van der Waals surface area contributed by atoms with Crippen LogP contribution in [0.1, 0.15) is 0 Å². The van der Waals surface area contributed by atoms with Crippen LogP contribution in [0.25, 0.3) is 0 Å². The van der Waals surface area contributed by atoms with E-state index in [-0.39, 0.29) is 0 Å². The second-order valence-electron chi connectivity index (χ2n) is 1.19. The molecule has 4 heteroatoms. The number of nitrogens with one attached hydrogen (secondary N) is 2. The number of ether oxygens (including phenoxy) is 1. The van der Waals surface area contributed by atoms with E-state index in [1.165, 1.54) is 0 Å². The Labute approximate surface area is 49.1 Å². The van der Waals surface area contributed by atoms with Crippen molar-refractivity contribution >= 4 is 0 Å². The summed E-state index contributed by atoms with van der Waals surface area (Å²) in [6.45, 7) is 1.16. The number of hydrazine groups is 1. The predicted molar refractivity (Wildman–Crippen MR) is 30.0 cm³/mol. The molecule has 2 N–H and O–H groups in total. The van der Waals surface area contributed by atoms with Gasteiger partial charge in [0.25, 0.3) is 0 Å². The standard InChI is InChI=1S/C4H12N2O2/c1-5-6-8-4-3-7-2/h5-6H,3-4H2,1-2H3. The summed E-state index contributed by atoms with van der Waals surface area (Å²) in [5, 5.41) is 0. The summed E-state index contributed by atoms with van der Waals surface area (Å²) in [6.07, 6.45) is 0. The SMILES string of the molecule is CNNOCCOC. The number of hydrogen-bond acceptors (Lipinski definition) is 4. The van der Waals surface area contributed by atoms with Crippen LogP contribution < -0.4 is 11.0 Å². The van der Waals surface area contributed by atoms with Crippen molar-refractivity contribution in [2.75, 3.05) is 27.4 Å². The maximum Gasteiger partial charge on any atom is 0.0932 e. The van der Waals surface area contributed by atoms with Gasteiger partial charge < -0.3 is 4.74 Å². The molecule has 0 aromatic heterocycles. The number of methoxy groups -OCH3 is 1. The number of hydrogen-bond donors (Lipinski definition) is 2. The highest BCUT2D eigenvalue weighted by molar-refractivity contribution is 4.18. The van der Waals surface area contributed by atoms with Gasteiger partial charge in [-0.25, -0.2) is 5.43 Å². The molecule has 0 spiro atoms. The molecule has 50 valence electrons. The van der Waals surface area contributed by atoms with E-state index in [9.17, 15) is 0 Å². The Morgan fingerprint density at radius 3 is 2.62 bits per heavy atom. The minimum absolute atomic E-state index is 0.553. The lowest BCUT2D eigenvalue weighted by Crippen LogP contribution is -2.28. The first-order chi connectivity index (χ1) is 3.91. The Morgan fingerprint density at radius 2 is 2.12 bits per heavy atom. The van der Waals surface area contributed by atoms with Gasteiger partial charge in [-0.1, -0.05) is 0 Å². The van der Waals surface area contributed by atoms with Crippen LogP contribution in [0, 0.1) is 0 Å². The molecule has 0 aliphatic carbocycles. The van der Waals surface area contributed by atoms with Crippen molar-refractivity contribution in [3.05, 3.63) is 0 Å². The van der Waals surface area contributed by atoms with Crippen molar-refractivity contribution in [1.29, 1.82) is 0 Å². The average Bonchev–Trinajstić information content (AvgIpc) is 1.81. The van der Waals surface area contributed by atoms with Gasteiger partial charge in [-0.3, -0.25) is 4.84 Å². The Bertz CT molecular complexity index is 37.0. The van der Waals surface area contributed by atoms with E-state index in [1.807, 2.05) is 0 Å². The summed E-state index contributed by atoms with van der Waals surface area (Å²) in [5.74, 6) is 0. The van der Waals surface area contributed by atoms with Crippen molar-refractivity contribution in [3.63, 3.8) is 0 Å². The zero-order chi connectivity index (χ0) is 6.24. The Morgan fingerprint density at radius 1 is 1.38 bits per heavy atom. The summed E-state index contributed by atoms with van der Waals surface area (Å²) in [7, 11) is 3.36. The second kappa shape index (κ2) is 6.84. The van der Waals surface area contributed by atoms with Crippen molar-refractivity contribution in [1.82, 2.24) is 11.0 Å². The van der Waals surface area contributed by atoms with E-state index in [0.29, 0.717) is 13.2 Å². The van der Waals surface area contributed by atoms with Crippen molar-refractivity contribution in [3.8, 4) is 0 Å². The summed E-state index contributed by atoms with van der Waals surface area (Å²) in [4.78, 5) is 4.74. The lowest BCUT2D eigenvalue weighted by molar-refractivity contribution is -0.0118. The Hall–Kier alpha value is -0.160. The van der Waals surface area contributed by atoms with E-state index in [4.69, 9.17) is 9.57 Å². The molecule has 0 unspecified atom stereocenters. The Kier molecular flexibility index (Phi) is 6.70. The quantitative estimate of drug-likeness (QED) is 0.371. The maximum atomic E-state index is 4.74. The monoisotopic (exact) mass is 120 g/mol. The van der Waals surface area contributed by atoms with Crippen LogP contribution in [-0.2, 0) is 9.57 Å². The molecule has 0 saturated carbocycles. The van der Waals surface area contributed by atoms with Crippen LogP contribution >= 0.6 is 0 Å². The molecule has 0 amide bonds. The van der Waals surface area contributed by atoms with Crippen molar-refractivity contribution in [2.24, 2.45) is 0 Å². The molecule has 0 aromatic rings. The van der Waals surface area contributed by atoms with E-state index in [1.54, 1.807) is 14.2 Å². The lowest BCUT2D eigenvalue weighted by Gasteiger charge is -2.00. The third kappa shape index (κ3) is 5.84. The van der Waals surface area contributed by atoms with Crippen LogP contribution in [0.15, 0.2) is 0 Å². The van der Waals surface area contributed by atoms with Gasteiger partial charge >= 0.3 is 0 Å². The largest absolute Gasteiger partial charge is 0.382 e. The summed E-state index contributed by atoms with van der Waals surface area (Å²) >= 11 is 0. The van der Waals surface area contributed by atoms with Gasteiger partial charge in [0, 0.05) is 14.2 Å². The molecule has 0 fully saturated rings. The van der Waals surface area contributed by atoms with Gasteiger partial charge in [-0.15, -0.1) is 5.59 Å². The first-order valence-electron chi connectivity index (χ1n) is 2.44. The first-order valence-corrected chi connectivity index (χ1v) is 2.44. The molecule has 0 rings (SSSR count). The molecule has 4 nitrogen and oxygen atoms in total. The third-order valence-electron chi connectivity index (χ3n) is 0.564. The molecule has 0 atom stereocenters.